The van der Waals surface area contributed by atoms with Crippen molar-refractivity contribution < 1.29 is 9.53 Å². The molecule has 0 fully saturated rings. The van der Waals surface area contributed by atoms with Gasteiger partial charge in [0.2, 0.25) is 5.82 Å². The lowest BCUT2D eigenvalue weighted by molar-refractivity contribution is -0.138. The molecule has 0 aliphatic carbocycles. The molecule has 1 rings (SSSR count). The Bertz CT molecular complexity index is 545. The maximum Gasteiger partial charge on any atom is 0.346 e. The quantitative estimate of drug-likeness (QED) is 0.575. The number of ether oxygens (including phenoxy) is 1. The predicted molar refractivity (Wildman–Crippen MR) is 60.0 cm³/mol. The zero-order valence-corrected chi connectivity index (χ0v) is 10.1. The van der Waals surface area contributed by atoms with E-state index in [2.05, 4.69) is 9.84 Å². The van der Waals surface area contributed by atoms with Gasteiger partial charge in [-0.05, 0) is 0 Å². The largest absolute Gasteiger partial charge is 0.468 e. The average molecular weight is 242 g/mol. The van der Waals surface area contributed by atoms with Crippen molar-refractivity contribution in [2.24, 2.45) is 14.1 Å². The Morgan fingerprint density at radius 1 is 1.41 bits per heavy atom. The summed E-state index contributed by atoms with van der Waals surface area (Å²) in [6.07, 6.45) is 0. The van der Waals surface area contributed by atoms with Gasteiger partial charge in [0.1, 0.15) is 6.54 Å². The SMILES string of the molecule is COC(=O)CN(C)c1nn(C)c(=O)n(C)c1=O. The van der Waals surface area contributed by atoms with E-state index in [1.54, 1.807) is 0 Å². The molecule has 0 bridgehead atoms. The molecule has 1 aromatic rings. The Morgan fingerprint density at radius 2 is 2.00 bits per heavy atom. The van der Waals surface area contributed by atoms with E-state index in [4.69, 9.17) is 0 Å². The van der Waals surface area contributed by atoms with Crippen LogP contribution in [0.4, 0.5) is 5.82 Å². The lowest BCUT2D eigenvalue weighted by Crippen LogP contribution is -2.43. The summed E-state index contributed by atoms with van der Waals surface area (Å²) in [5.74, 6) is -0.481. The number of rotatable bonds is 3. The second-order valence-corrected chi connectivity index (χ2v) is 3.53. The van der Waals surface area contributed by atoms with Crippen molar-refractivity contribution in [3.8, 4) is 0 Å². The minimum Gasteiger partial charge on any atom is -0.468 e. The molecular weight excluding hydrogens is 228 g/mol. The number of nitrogens with zero attached hydrogens (tertiary/aromatic N) is 4. The molecule has 17 heavy (non-hydrogen) atoms. The topological polar surface area (TPSA) is 86.4 Å². The first-order chi connectivity index (χ1) is 7.88. The van der Waals surface area contributed by atoms with Crippen LogP contribution in [0.25, 0.3) is 0 Å². The molecule has 0 spiro atoms. The molecule has 0 saturated heterocycles. The summed E-state index contributed by atoms with van der Waals surface area (Å²) in [5.41, 5.74) is -1.08. The van der Waals surface area contributed by atoms with Crippen LogP contribution in [0, 0.1) is 0 Å². The highest BCUT2D eigenvalue weighted by molar-refractivity contribution is 5.74. The maximum absolute atomic E-state index is 11.7. The van der Waals surface area contributed by atoms with Crippen molar-refractivity contribution in [3.63, 3.8) is 0 Å². The van der Waals surface area contributed by atoms with Crippen LogP contribution in [-0.2, 0) is 23.6 Å². The van der Waals surface area contributed by atoms with Gasteiger partial charge in [-0.25, -0.2) is 9.48 Å². The number of carbonyl (C=O) groups is 1. The van der Waals surface area contributed by atoms with Crippen molar-refractivity contribution in [1.29, 1.82) is 0 Å². The van der Waals surface area contributed by atoms with Gasteiger partial charge >= 0.3 is 11.7 Å². The zero-order valence-electron chi connectivity index (χ0n) is 10.1. The third-order valence-corrected chi connectivity index (χ3v) is 2.26. The average Bonchev–Trinajstić information content (AvgIpc) is 2.30. The number of esters is 1. The Morgan fingerprint density at radius 3 is 2.53 bits per heavy atom. The van der Waals surface area contributed by atoms with Crippen molar-refractivity contribution in [2.45, 2.75) is 0 Å². The molecule has 0 unspecified atom stereocenters. The third kappa shape index (κ3) is 2.52. The lowest BCUT2D eigenvalue weighted by Gasteiger charge is -2.16. The summed E-state index contributed by atoms with van der Waals surface area (Å²) in [4.78, 5) is 35.5. The molecule has 8 nitrogen and oxygen atoms in total. The van der Waals surface area contributed by atoms with Crippen molar-refractivity contribution in [1.82, 2.24) is 14.3 Å². The molecule has 0 radical (unpaired) electrons. The first kappa shape index (κ1) is 12.9. The zero-order chi connectivity index (χ0) is 13.2. The Hall–Kier alpha value is -2.12. The molecule has 0 aliphatic rings. The van der Waals surface area contributed by atoms with Gasteiger partial charge in [-0.15, -0.1) is 5.10 Å². The van der Waals surface area contributed by atoms with Crippen LogP contribution in [0.1, 0.15) is 0 Å². The molecule has 0 aromatic carbocycles. The van der Waals surface area contributed by atoms with Gasteiger partial charge in [-0.2, -0.15) is 0 Å². The standard InChI is InChI=1S/C9H14N4O4/c1-11(5-6(14)17-4)7-8(15)12(2)9(16)13(3)10-7/h5H2,1-4H3. The summed E-state index contributed by atoms with van der Waals surface area (Å²) in [7, 11) is 5.55. The number of aryl methyl sites for hydroxylation is 1. The van der Waals surface area contributed by atoms with E-state index in [9.17, 15) is 14.4 Å². The molecular formula is C9H14N4O4. The van der Waals surface area contributed by atoms with Crippen LogP contribution in [0.15, 0.2) is 9.59 Å². The summed E-state index contributed by atoms with van der Waals surface area (Å²) in [6, 6.07) is 0. The number of hydrogen-bond acceptors (Lipinski definition) is 6. The van der Waals surface area contributed by atoms with E-state index >= 15 is 0 Å². The minimum atomic E-state index is -0.556. The van der Waals surface area contributed by atoms with Crippen LogP contribution in [0.3, 0.4) is 0 Å². The predicted octanol–water partition coefficient (Wildman–Crippen LogP) is -1.91. The third-order valence-electron chi connectivity index (χ3n) is 2.26. The van der Waals surface area contributed by atoms with Crippen LogP contribution < -0.4 is 16.1 Å². The summed E-state index contributed by atoms with van der Waals surface area (Å²) in [5, 5.41) is 3.81. The first-order valence-electron chi connectivity index (χ1n) is 4.80. The van der Waals surface area contributed by atoms with E-state index in [1.165, 1.54) is 33.2 Å². The number of likely N-dealkylation sites (N-methyl/N-ethyl adjacent to an activating group) is 1. The van der Waals surface area contributed by atoms with Crippen molar-refractivity contribution >= 4 is 11.8 Å². The van der Waals surface area contributed by atoms with Gasteiger partial charge in [0.05, 0.1) is 7.11 Å². The van der Waals surface area contributed by atoms with Crippen molar-refractivity contribution in [2.75, 3.05) is 25.6 Å². The Kier molecular flexibility index (Phi) is 3.66. The Labute approximate surface area is 97.0 Å². The van der Waals surface area contributed by atoms with Gasteiger partial charge < -0.3 is 9.64 Å². The van der Waals surface area contributed by atoms with Crippen molar-refractivity contribution in [3.05, 3.63) is 20.8 Å². The van der Waals surface area contributed by atoms with Crippen LogP contribution >= 0.6 is 0 Å². The fourth-order valence-electron chi connectivity index (χ4n) is 1.25. The highest BCUT2D eigenvalue weighted by Gasteiger charge is 2.15. The highest BCUT2D eigenvalue weighted by atomic mass is 16.5. The van der Waals surface area contributed by atoms with Crippen LogP contribution in [-0.4, -0.2) is 41.0 Å². The summed E-state index contributed by atoms with van der Waals surface area (Å²) in [6.45, 7) is -0.114. The van der Waals surface area contributed by atoms with Gasteiger partial charge in [0.25, 0.3) is 5.56 Å². The summed E-state index contributed by atoms with van der Waals surface area (Å²) >= 11 is 0. The van der Waals surface area contributed by atoms with E-state index < -0.39 is 17.2 Å². The molecule has 8 heteroatoms. The highest BCUT2D eigenvalue weighted by Crippen LogP contribution is 1.98. The maximum atomic E-state index is 11.7. The van der Waals surface area contributed by atoms with E-state index in [0.717, 1.165) is 9.25 Å². The molecule has 0 N–H and O–H groups in total. The minimum absolute atomic E-state index is 0.0139. The first-order valence-corrected chi connectivity index (χ1v) is 4.80. The normalized spacial score (nSPS) is 10.1. The summed E-state index contributed by atoms with van der Waals surface area (Å²) < 4.78 is 6.44. The fourth-order valence-corrected chi connectivity index (χ4v) is 1.25. The lowest BCUT2D eigenvalue weighted by atomic mass is 10.5. The smallest absolute Gasteiger partial charge is 0.346 e. The number of carbonyl (C=O) groups excluding carboxylic acids is 1. The van der Waals surface area contributed by atoms with Crippen LogP contribution in [0.2, 0.25) is 0 Å². The number of hydrogen-bond donors (Lipinski definition) is 0. The Balaban J connectivity index is 3.20. The molecule has 1 heterocycles. The van der Waals surface area contributed by atoms with Gasteiger partial charge in [0, 0.05) is 21.1 Å². The van der Waals surface area contributed by atoms with Gasteiger partial charge in [0.15, 0.2) is 0 Å². The molecule has 0 aliphatic heterocycles. The monoisotopic (exact) mass is 242 g/mol. The van der Waals surface area contributed by atoms with E-state index in [1.807, 2.05) is 0 Å². The van der Waals surface area contributed by atoms with Gasteiger partial charge in [-0.1, -0.05) is 0 Å². The molecule has 94 valence electrons. The van der Waals surface area contributed by atoms with Gasteiger partial charge in [-0.3, -0.25) is 14.2 Å². The molecule has 0 atom stereocenters. The number of aromatic nitrogens is 3. The second-order valence-electron chi connectivity index (χ2n) is 3.53. The molecule has 0 saturated carbocycles. The number of anilines is 1. The molecule has 1 aromatic heterocycles. The molecule has 0 amide bonds. The second kappa shape index (κ2) is 4.81. The van der Waals surface area contributed by atoms with E-state index in [0.29, 0.717) is 0 Å². The fraction of sp³-hybridized carbons (Fsp3) is 0.556. The number of methoxy groups -OCH3 is 1. The van der Waals surface area contributed by atoms with E-state index in [-0.39, 0.29) is 12.4 Å². The van der Waals surface area contributed by atoms with Crippen LogP contribution in [0.5, 0.6) is 0 Å².